The molecule has 6 rings (SSSR count). The maximum atomic E-state index is 14.4. The Bertz CT molecular complexity index is 1420. The Kier molecular flexibility index (Phi) is 4.03. The van der Waals surface area contributed by atoms with Crippen molar-refractivity contribution in [1.29, 1.82) is 0 Å². The molecular formula is C28H26O8. The van der Waals surface area contributed by atoms with Crippen LogP contribution in [0.15, 0.2) is 58.6 Å². The summed E-state index contributed by atoms with van der Waals surface area (Å²) in [5.41, 5.74) is -8.57. The highest BCUT2D eigenvalue weighted by Gasteiger charge is 2.96. The molecule has 3 fully saturated rings. The topological polar surface area (TPSA) is 146 Å². The fourth-order valence-corrected chi connectivity index (χ4v) is 9.29. The van der Waals surface area contributed by atoms with Gasteiger partial charge in [0.25, 0.3) is 0 Å². The summed E-state index contributed by atoms with van der Waals surface area (Å²) in [5.74, 6) is -9.75. The average molecular weight is 491 g/mol. The minimum atomic E-state index is -2.10. The first-order valence-electron chi connectivity index (χ1n) is 12.1. The summed E-state index contributed by atoms with van der Waals surface area (Å²) in [6.45, 7) is 5.99. The molecule has 36 heavy (non-hydrogen) atoms. The number of aliphatic hydroxyl groups excluding tert-OH is 2. The lowest BCUT2D eigenvalue weighted by atomic mass is 9.42. The van der Waals surface area contributed by atoms with Crippen molar-refractivity contribution in [2.45, 2.75) is 39.7 Å². The van der Waals surface area contributed by atoms with E-state index in [1.165, 1.54) is 26.0 Å². The Labute approximate surface area is 206 Å². The van der Waals surface area contributed by atoms with Gasteiger partial charge < -0.3 is 15.3 Å². The molecule has 0 amide bonds. The quantitative estimate of drug-likeness (QED) is 0.500. The van der Waals surface area contributed by atoms with E-state index in [4.69, 9.17) is 0 Å². The van der Waals surface area contributed by atoms with Gasteiger partial charge in [0, 0.05) is 40.9 Å². The molecule has 0 radical (unpaired) electrons. The van der Waals surface area contributed by atoms with Gasteiger partial charge in [-0.15, -0.1) is 0 Å². The van der Waals surface area contributed by atoms with Crippen molar-refractivity contribution in [3.8, 4) is 0 Å². The van der Waals surface area contributed by atoms with Gasteiger partial charge >= 0.3 is 0 Å². The number of carbonyl (C=O) groups is 5. The van der Waals surface area contributed by atoms with E-state index in [1.807, 2.05) is 0 Å². The number of fused-ring (bicyclic) bond motifs is 2. The number of ketones is 5. The van der Waals surface area contributed by atoms with Gasteiger partial charge in [-0.05, 0) is 26.7 Å². The molecule has 8 nitrogen and oxygen atoms in total. The van der Waals surface area contributed by atoms with Crippen molar-refractivity contribution in [3.63, 3.8) is 0 Å². The molecule has 0 aromatic rings. The fraction of sp³-hybridized carbons (Fsp3) is 0.464. The second-order valence-corrected chi connectivity index (χ2v) is 11.1. The zero-order valence-electron chi connectivity index (χ0n) is 20.3. The lowest BCUT2D eigenvalue weighted by Gasteiger charge is -2.54. The fourth-order valence-electron chi connectivity index (χ4n) is 9.29. The standard InChI is InChI=1S/C28H26O8/c1-5-6-7-8-26(36)14-9-15-16(29)10-25-17(18(30)11(2)19(31)23(25)34)21(26)27(13(14)4)24(35)20(32)12(3)22(33)28(15,25)27/h5-9,13-14,17,21,31-32,36H,10H2,1-4H3. The molecule has 8 heteroatoms. The molecule has 0 aliphatic heterocycles. The second-order valence-electron chi connectivity index (χ2n) is 11.1. The van der Waals surface area contributed by atoms with Crippen LogP contribution in [0.3, 0.4) is 0 Å². The van der Waals surface area contributed by atoms with Crippen LogP contribution in [0.1, 0.15) is 34.1 Å². The van der Waals surface area contributed by atoms with Crippen LogP contribution in [0.5, 0.6) is 0 Å². The number of carbonyl (C=O) groups excluding carboxylic acids is 5. The third kappa shape index (κ3) is 1.76. The van der Waals surface area contributed by atoms with Gasteiger partial charge in [-0.2, -0.15) is 0 Å². The van der Waals surface area contributed by atoms with E-state index in [0.717, 1.165) is 0 Å². The molecule has 8 atom stereocenters. The summed E-state index contributed by atoms with van der Waals surface area (Å²) in [7, 11) is 0. The van der Waals surface area contributed by atoms with Crippen molar-refractivity contribution in [3.05, 3.63) is 58.6 Å². The molecule has 3 N–H and O–H groups in total. The van der Waals surface area contributed by atoms with Crippen LogP contribution in [0.4, 0.5) is 0 Å². The third-order valence-electron chi connectivity index (χ3n) is 10.3. The number of allylic oxidation sites excluding steroid dienone is 8. The van der Waals surface area contributed by atoms with Gasteiger partial charge in [-0.3, -0.25) is 24.0 Å². The Morgan fingerprint density at radius 1 is 0.944 bits per heavy atom. The summed E-state index contributed by atoms with van der Waals surface area (Å²) in [6.07, 6.45) is 7.40. The highest BCUT2D eigenvalue weighted by molar-refractivity contribution is 6.31. The monoisotopic (exact) mass is 490 g/mol. The van der Waals surface area contributed by atoms with E-state index < -0.39 is 92.4 Å². The lowest BCUT2D eigenvalue weighted by molar-refractivity contribution is -0.161. The Balaban J connectivity index is 1.87. The predicted molar refractivity (Wildman–Crippen MR) is 124 cm³/mol. The molecule has 6 aliphatic carbocycles. The molecule has 3 saturated carbocycles. The summed E-state index contributed by atoms with van der Waals surface area (Å²) in [4.78, 5) is 70.3. The first-order valence-corrected chi connectivity index (χ1v) is 12.1. The van der Waals surface area contributed by atoms with Gasteiger partial charge in [-0.1, -0.05) is 37.3 Å². The van der Waals surface area contributed by atoms with Crippen LogP contribution in [-0.2, 0) is 24.0 Å². The Morgan fingerprint density at radius 2 is 1.58 bits per heavy atom. The number of hydrogen-bond acceptors (Lipinski definition) is 8. The maximum absolute atomic E-state index is 14.4. The van der Waals surface area contributed by atoms with Gasteiger partial charge in [0.15, 0.2) is 28.9 Å². The minimum absolute atomic E-state index is 0.0628. The summed E-state index contributed by atoms with van der Waals surface area (Å²) in [5, 5.41) is 34.1. The van der Waals surface area contributed by atoms with E-state index in [-0.39, 0.29) is 16.7 Å². The zero-order valence-corrected chi connectivity index (χ0v) is 20.3. The molecular weight excluding hydrogens is 464 g/mol. The van der Waals surface area contributed by atoms with Gasteiger partial charge in [-0.25, -0.2) is 0 Å². The zero-order chi connectivity index (χ0) is 26.3. The van der Waals surface area contributed by atoms with Gasteiger partial charge in [0.1, 0.15) is 0 Å². The molecule has 2 bridgehead atoms. The van der Waals surface area contributed by atoms with E-state index in [2.05, 4.69) is 0 Å². The average Bonchev–Trinajstić information content (AvgIpc) is 3.31. The molecule has 0 saturated heterocycles. The van der Waals surface area contributed by atoms with E-state index in [1.54, 1.807) is 32.1 Å². The third-order valence-corrected chi connectivity index (χ3v) is 10.3. The van der Waals surface area contributed by atoms with Crippen LogP contribution in [-0.4, -0.2) is 49.8 Å². The van der Waals surface area contributed by atoms with E-state index >= 15 is 0 Å². The first kappa shape index (κ1) is 23.0. The molecule has 0 aromatic heterocycles. The van der Waals surface area contributed by atoms with Gasteiger partial charge in [0.05, 0.1) is 21.8 Å². The SMILES string of the molecule is CC=CC=CC1(O)C2C=C3C(=O)CC45C(=O)C(O)=C(C)C(=O)C4C1C1(C(=O)C(O)=C(C)C(=O)C351)C2C. The van der Waals surface area contributed by atoms with Crippen molar-refractivity contribution < 1.29 is 39.3 Å². The molecule has 3 spiro atoms. The van der Waals surface area contributed by atoms with Crippen molar-refractivity contribution in [2.24, 2.45) is 39.9 Å². The van der Waals surface area contributed by atoms with Crippen molar-refractivity contribution in [1.82, 2.24) is 0 Å². The largest absolute Gasteiger partial charge is 0.504 e. The van der Waals surface area contributed by atoms with Crippen molar-refractivity contribution in [2.75, 3.05) is 0 Å². The number of aliphatic hydroxyl groups is 3. The second kappa shape index (κ2) is 6.29. The number of Topliss-reactive ketones (excluding diaryl/α,β-unsaturated/α-hetero) is 5. The predicted octanol–water partition coefficient (Wildman–Crippen LogP) is 2.20. The lowest BCUT2D eigenvalue weighted by Crippen LogP contribution is -2.65. The molecule has 0 aromatic carbocycles. The summed E-state index contributed by atoms with van der Waals surface area (Å²) >= 11 is 0. The van der Waals surface area contributed by atoms with Crippen molar-refractivity contribution >= 4 is 28.9 Å². The first-order chi connectivity index (χ1) is 16.8. The molecule has 186 valence electrons. The van der Waals surface area contributed by atoms with Crippen LogP contribution >= 0.6 is 0 Å². The van der Waals surface area contributed by atoms with E-state index in [0.29, 0.717) is 0 Å². The maximum Gasteiger partial charge on any atom is 0.206 e. The Morgan fingerprint density at radius 3 is 2.22 bits per heavy atom. The van der Waals surface area contributed by atoms with Gasteiger partial charge in [0.2, 0.25) is 11.6 Å². The summed E-state index contributed by atoms with van der Waals surface area (Å²) < 4.78 is 0. The van der Waals surface area contributed by atoms with Crippen LogP contribution in [0.2, 0.25) is 0 Å². The smallest absolute Gasteiger partial charge is 0.206 e. The summed E-state index contributed by atoms with van der Waals surface area (Å²) in [6, 6.07) is 0. The van der Waals surface area contributed by atoms with E-state index in [9.17, 15) is 39.3 Å². The number of hydrogen-bond donors (Lipinski definition) is 3. The van der Waals surface area contributed by atoms with Crippen LogP contribution in [0, 0.1) is 39.9 Å². The molecule has 0 heterocycles. The number of rotatable bonds is 2. The normalized spacial score (nSPS) is 47.0. The van der Waals surface area contributed by atoms with Crippen LogP contribution < -0.4 is 0 Å². The highest BCUT2D eigenvalue weighted by atomic mass is 16.3. The minimum Gasteiger partial charge on any atom is -0.504 e. The Hall–Kier alpha value is -3.39. The molecule has 8 unspecified atom stereocenters. The van der Waals surface area contributed by atoms with Crippen LogP contribution in [0.25, 0.3) is 0 Å². The highest BCUT2D eigenvalue weighted by Crippen LogP contribution is 2.88. The molecule has 6 aliphatic rings.